The van der Waals surface area contributed by atoms with E-state index in [4.69, 9.17) is 0 Å². The predicted molar refractivity (Wildman–Crippen MR) is 108 cm³/mol. The Hall–Kier alpha value is -3.26. The zero-order valence-corrected chi connectivity index (χ0v) is 15.9. The molecule has 0 fully saturated rings. The van der Waals surface area contributed by atoms with Gasteiger partial charge in [-0.15, -0.1) is 20.1 Å². The van der Waals surface area contributed by atoms with E-state index in [1.54, 1.807) is 29.8 Å². The summed E-state index contributed by atoms with van der Waals surface area (Å²) in [5.41, 5.74) is 2.00. The molecule has 2 aromatic carbocycles. The Morgan fingerprint density at radius 2 is 1.79 bits per heavy atom. The average Bonchev–Trinajstić information content (AvgIpc) is 3.28. The number of fused-ring (bicyclic) bond motifs is 2. The zero-order valence-electron chi connectivity index (χ0n) is 15.1. The zero-order chi connectivity index (χ0) is 19.8. The summed E-state index contributed by atoms with van der Waals surface area (Å²) in [5, 5.41) is 4.28. The second-order valence-electron chi connectivity index (χ2n) is 6.54. The molecule has 4 aromatic rings. The molecule has 1 N–H and O–H groups in total. The van der Waals surface area contributed by atoms with E-state index in [-0.39, 0.29) is 11.5 Å². The fourth-order valence-electron chi connectivity index (χ4n) is 3.22. The number of aromatic nitrogens is 2. The van der Waals surface area contributed by atoms with Crippen molar-refractivity contribution in [2.75, 3.05) is 11.9 Å². The fourth-order valence-corrected chi connectivity index (χ4v) is 4.22. The number of nitrogens with one attached hydrogen (secondary N) is 1. The van der Waals surface area contributed by atoms with Gasteiger partial charge in [-0.1, -0.05) is 36.4 Å². The Balaban J connectivity index is 1.31. The molecule has 3 heterocycles. The molecule has 0 saturated heterocycles. The lowest BCUT2D eigenvalue weighted by atomic mass is 10.1. The number of hydrogen-bond acceptors (Lipinski definition) is 6. The molecule has 0 bridgehead atoms. The van der Waals surface area contributed by atoms with Crippen molar-refractivity contribution in [3.63, 3.8) is 0 Å². The van der Waals surface area contributed by atoms with E-state index in [1.807, 2.05) is 18.2 Å². The van der Waals surface area contributed by atoms with Crippen LogP contribution in [0.15, 0.2) is 60.9 Å². The summed E-state index contributed by atoms with van der Waals surface area (Å²) in [4.78, 5) is 10.8. The minimum Gasteiger partial charge on any atom is -0.395 e. The number of nitrogens with zero attached hydrogens (tertiary/aromatic N) is 2. The molecule has 146 valence electrons. The maximum Gasteiger partial charge on any atom is 0.586 e. The van der Waals surface area contributed by atoms with Crippen molar-refractivity contribution in [3.8, 4) is 21.9 Å². The summed E-state index contributed by atoms with van der Waals surface area (Å²) in [6.07, 6.45) is -1.44. The van der Waals surface area contributed by atoms with Crippen LogP contribution in [0.5, 0.6) is 11.5 Å². The summed E-state index contributed by atoms with van der Waals surface area (Å²) in [5.74, 6) is 0.860. The number of alkyl halides is 2. The van der Waals surface area contributed by atoms with E-state index in [9.17, 15) is 8.78 Å². The van der Waals surface area contributed by atoms with Gasteiger partial charge in [-0.25, -0.2) is 9.97 Å². The molecule has 0 radical (unpaired) electrons. The van der Waals surface area contributed by atoms with Crippen molar-refractivity contribution in [1.82, 2.24) is 9.97 Å². The van der Waals surface area contributed by atoms with Crippen molar-refractivity contribution in [2.24, 2.45) is 0 Å². The van der Waals surface area contributed by atoms with Crippen LogP contribution in [0.2, 0.25) is 0 Å². The van der Waals surface area contributed by atoms with Crippen molar-refractivity contribution < 1.29 is 18.3 Å². The monoisotopic (exact) mass is 411 g/mol. The second-order valence-corrected chi connectivity index (χ2v) is 7.57. The minimum atomic E-state index is -3.60. The smallest absolute Gasteiger partial charge is 0.395 e. The lowest BCUT2D eigenvalue weighted by Crippen LogP contribution is -2.25. The molecule has 0 amide bonds. The maximum atomic E-state index is 13.1. The number of ether oxygens (including phenoxy) is 2. The van der Waals surface area contributed by atoms with E-state index in [1.165, 1.54) is 6.07 Å². The van der Waals surface area contributed by atoms with E-state index in [0.29, 0.717) is 13.0 Å². The van der Waals surface area contributed by atoms with Gasteiger partial charge in [-0.2, -0.15) is 0 Å². The summed E-state index contributed by atoms with van der Waals surface area (Å²) in [6.45, 7) is 0.582. The van der Waals surface area contributed by atoms with E-state index in [0.717, 1.165) is 32.0 Å². The van der Waals surface area contributed by atoms with E-state index in [2.05, 4.69) is 43.0 Å². The van der Waals surface area contributed by atoms with Crippen LogP contribution in [0.25, 0.3) is 20.7 Å². The normalized spacial score (nSPS) is 14.3. The van der Waals surface area contributed by atoms with Crippen LogP contribution in [0, 0.1) is 0 Å². The maximum absolute atomic E-state index is 13.1. The summed E-state index contributed by atoms with van der Waals surface area (Å²) < 4.78 is 35.2. The van der Waals surface area contributed by atoms with Gasteiger partial charge < -0.3 is 14.8 Å². The van der Waals surface area contributed by atoms with E-state index < -0.39 is 6.29 Å². The number of rotatable bonds is 5. The van der Waals surface area contributed by atoms with Gasteiger partial charge in [0.15, 0.2) is 11.5 Å². The molecule has 1 aliphatic rings. The van der Waals surface area contributed by atoms with Gasteiger partial charge in [-0.3, -0.25) is 0 Å². The van der Waals surface area contributed by atoms with Gasteiger partial charge in [0.25, 0.3) is 0 Å². The average molecular weight is 411 g/mol. The molecule has 1 aliphatic heterocycles. The van der Waals surface area contributed by atoms with Crippen molar-refractivity contribution in [3.05, 3.63) is 66.5 Å². The SMILES string of the molecule is FC1(F)Oc2ccc(CCNc3ncnc4sc(-c5ccccc5)cc34)cc2O1. The van der Waals surface area contributed by atoms with Crippen LogP contribution >= 0.6 is 11.3 Å². The van der Waals surface area contributed by atoms with Crippen LogP contribution in [0.4, 0.5) is 14.6 Å². The Kier molecular flexibility index (Phi) is 4.28. The molecule has 5 rings (SSSR count). The number of benzene rings is 2. The van der Waals surface area contributed by atoms with E-state index >= 15 is 0 Å². The topological polar surface area (TPSA) is 56.3 Å². The first-order valence-corrected chi connectivity index (χ1v) is 9.82. The Morgan fingerprint density at radius 1 is 0.966 bits per heavy atom. The van der Waals surface area contributed by atoms with Gasteiger partial charge in [0.1, 0.15) is 17.0 Å². The molecule has 0 spiro atoms. The second kappa shape index (κ2) is 6.97. The highest BCUT2D eigenvalue weighted by atomic mass is 32.1. The molecule has 29 heavy (non-hydrogen) atoms. The van der Waals surface area contributed by atoms with Gasteiger partial charge in [0.2, 0.25) is 0 Å². The minimum absolute atomic E-state index is 0.0518. The van der Waals surface area contributed by atoms with Gasteiger partial charge in [0, 0.05) is 11.4 Å². The summed E-state index contributed by atoms with van der Waals surface area (Å²) in [6, 6.07) is 17.0. The molecular formula is C21H15F2N3O2S. The molecule has 2 aromatic heterocycles. The molecule has 5 nitrogen and oxygen atoms in total. The lowest BCUT2D eigenvalue weighted by Gasteiger charge is -2.07. The van der Waals surface area contributed by atoms with Crippen LogP contribution in [-0.2, 0) is 6.42 Å². The van der Waals surface area contributed by atoms with Gasteiger partial charge in [0.05, 0.1) is 5.39 Å². The standard InChI is InChI=1S/C21H15F2N3O2S/c22-21(23)27-16-7-6-13(10-17(16)28-21)8-9-24-19-15-11-18(14-4-2-1-3-5-14)29-20(15)26-12-25-19/h1-7,10-12H,8-9H2,(H,24,25,26). The predicted octanol–water partition coefficient (Wildman–Crippen LogP) is 5.33. The molecule has 8 heteroatoms. The first-order valence-electron chi connectivity index (χ1n) is 9.00. The molecule has 0 unspecified atom stereocenters. The Labute approximate surface area is 169 Å². The highest BCUT2D eigenvalue weighted by Crippen LogP contribution is 2.41. The highest BCUT2D eigenvalue weighted by molar-refractivity contribution is 7.21. The van der Waals surface area contributed by atoms with Crippen molar-refractivity contribution in [1.29, 1.82) is 0 Å². The quantitative estimate of drug-likeness (QED) is 0.481. The van der Waals surface area contributed by atoms with Gasteiger partial charge in [-0.05, 0) is 35.7 Å². The third-order valence-corrected chi connectivity index (χ3v) is 5.65. The van der Waals surface area contributed by atoms with Crippen molar-refractivity contribution >= 4 is 27.4 Å². The number of anilines is 1. The van der Waals surface area contributed by atoms with Crippen LogP contribution in [-0.4, -0.2) is 22.8 Å². The Bertz CT molecular complexity index is 1180. The highest BCUT2D eigenvalue weighted by Gasteiger charge is 2.43. The number of halogens is 2. The lowest BCUT2D eigenvalue weighted by molar-refractivity contribution is -0.286. The van der Waals surface area contributed by atoms with Crippen molar-refractivity contribution in [2.45, 2.75) is 12.7 Å². The molecule has 0 aliphatic carbocycles. The largest absolute Gasteiger partial charge is 0.586 e. The summed E-state index contributed by atoms with van der Waals surface area (Å²) >= 11 is 1.62. The Morgan fingerprint density at radius 3 is 2.66 bits per heavy atom. The third kappa shape index (κ3) is 3.58. The first kappa shape index (κ1) is 17.8. The molecule has 0 saturated carbocycles. The number of thiophene rings is 1. The summed E-state index contributed by atoms with van der Waals surface area (Å²) in [7, 11) is 0. The van der Waals surface area contributed by atoms with Crippen LogP contribution in [0.3, 0.4) is 0 Å². The number of hydrogen-bond donors (Lipinski definition) is 1. The first-order chi connectivity index (χ1) is 14.1. The van der Waals surface area contributed by atoms with Crippen LogP contribution in [0.1, 0.15) is 5.56 Å². The van der Waals surface area contributed by atoms with Gasteiger partial charge >= 0.3 is 6.29 Å². The molecular weight excluding hydrogens is 396 g/mol. The third-order valence-electron chi connectivity index (χ3n) is 4.56. The molecule has 0 atom stereocenters. The van der Waals surface area contributed by atoms with Crippen LogP contribution < -0.4 is 14.8 Å². The fraction of sp³-hybridized carbons (Fsp3) is 0.143.